The number of amides is 2. The van der Waals surface area contributed by atoms with E-state index < -0.39 is 0 Å². The van der Waals surface area contributed by atoms with Crippen LogP contribution in [0, 0.1) is 6.92 Å². The summed E-state index contributed by atoms with van der Waals surface area (Å²) in [7, 11) is 0. The third-order valence-electron chi connectivity index (χ3n) is 5.09. The Bertz CT molecular complexity index is 986. The number of benzene rings is 2. The second kappa shape index (κ2) is 8.74. The van der Waals surface area contributed by atoms with E-state index in [1.807, 2.05) is 85.0 Å². The summed E-state index contributed by atoms with van der Waals surface area (Å²) in [5.41, 5.74) is 3.89. The lowest BCUT2D eigenvalue weighted by atomic mass is 10.1. The molecule has 28 heavy (non-hydrogen) atoms. The summed E-state index contributed by atoms with van der Waals surface area (Å²) in [4.78, 5) is 26.6. The first kappa shape index (κ1) is 19.7. The maximum atomic E-state index is 12.4. The van der Waals surface area contributed by atoms with Gasteiger partial charge in [0, 0.05) is 35.9 Å². The predicted molar refractivity (Wildman–Crippen MR) is 113 cm³/mol. The summed E-state index contributed by atoms with van der Waals surface area (Å²) in [5, 5.41) is 3.97. The van der Waals surface area contributed by atoms with Gasteiger partial charge in [-0.25, -0.2) is 0 Å². The molecule has 0 spiro atoms. The number of carbonyl (C=O) groups excluding carboxylic acids is 2. The molecule has 5 nitrogen and oxygen atoms in total. The van der Waals surface area contributed by atoms with Gasteiger partial charge in [-0.3, -0.25) is 9.59 Å². The molecule has 146 valence electrons. The maximum absolute atomic E-state index is 12.4. The fourth-order valence-corrected chi connectivity index (χ4v) is 3.42. The number of rotatable bonds is 7. The van der Waals surface area contributed by atoms with E-state index in [4.69, 9.17) is 0 Å². The predicted octanol–water partition coefficient (Wildman–Crippen LogP) is 4.00. The average molecular weight is 377 g/mol. The molecule has 2 amide bonds. The third kappa shape index (κ3) is 4.42. The molecule has 0 saturated heterocycles. The molecule has 0 saturated carbocycles. The van der Waals surface area contributed by atoms with Crippen LogP contribution in [0.2, 0.25) is 0 Å². The van der Waals surface area contributed by atoms with Crippen LogP contribution < -0.4 is 5.32 Å². The number of fused-ring (bicyclic) bond motifs is 1. The normalized spacial score (nSPS) is 10.8. The van der Waals surface area contributed by atoms with Crippen LogP contribution in [0.25, 0.3) is 10.9 Å². The lowest BCUT2D eigenvalue weighted by Gasteiger charge is -2.19. The first-order valence-corrected chi connectivity index (χ1v) is 9.72. The number of aryl methyl sites for hydroxylation is 1. The first-order valence-electron chi connectivity index (χ1n) is 9.72. The highest BCUT2D eigenvalue weighted by atomic mass is 16.2. The smallest absolute Gasteiger partial charge is 0.242 e. The molecule has 0 unspecified atom stereocenters. The molecule has 0 aliphatic heterocycles. The highest BCUT2D eigenvalue weighted by molar-refractivity contribution is 5.95. The van der Waals surface area contributed by atoms with Crippen LogP contribution in [0.1, 0.15) is 25.0 Å². The van der Waals surface area contributed by atoms with E-state index in [0.717, 1.165) is 27.7 Å². The quantitative estimate of drug-likeness (QED) is 0.677. The Hall–Kier alpha value is -3.08. The molecule has 1 aromatic heterocycles. The first-order chi connectivity index (χ1) is 13.5. The summed E-state index contributed by atoms with van der Waals surface area (Å²) >= 11 is 0. The summed E-state index contributed by atoms with van der Waals surface area (Å²) < 4.78 is 1.95. The Balaban J connectivity index is 1.70. The van der Waals surface area contributed by atoms with Crippen molar-refractivity contribution in [2.45, 2.75) is 33.7 Å². The number of hydrogen-bond donors (Lipinski definition) is 1. The van der Waals surface area contributed by atoms with Crippen molar-refractivity contribution in [3.05, 3.63) is 65.9 Å². The largest absolute Gasteiger partial charge is 0.342 e. The van der Waals surface area contributed by atoms with Gasteiger partial charge in [0.15, 0.2) is 0 Å². The summed E-state index contributed by atoms with van der Waals surface area (Å²) in [6.45, 7) is 7.74. The van der Waals surface area contributed by atoms with Crippen LogP contribution in [0.3, 0.4) is 0 Å². The van der Waals surface area contributed by atoms with Crippen LogP contribution in [-0.4, -0.2) is 34.4 Å². The van der Waals surface area contributed by atoms with Crippen molar-refractivity contribution < 1.29 is 9.59 Å². The van der Waals surface area contributed by atoms with Gasteiger partial charge < -0.3 is 14.8 Å². The fraction of sp³-hybridized carbons (Fsp3) is 0.304. The molecular weight excluding hydrogens is 350 g/mol. The van der Waals surface area contributed by atoms with Crippen molar-refractivity contribution in [2.75, 3.05) is 18.4 Å². The second-order valence-electron chi connectivity index (χ2n) is 6.93. The summed E-state index contributed by atoms with van der Waals surface area (Å²) in [6.07, 6.45) is 2.27. The molecule has 0 atom stereocenters. The van der Waals surface area contributed by atoms with E-state index in [2.05, 4.69) is 5.32 Å². The Labute approximate surface area is 166 Å². The summed E-state index contributed by atoms with van der Waals surface area (Å²) in [5.74, 6) is 0.0721. The minimum atomic E-state index is -0.0372. The van der Waals surface area contributed by atoms with E-state index in [-0.39, 0.29) is 11.8 Å². The molecule has 0 aliphatic rings. The Morgan fingerprint density at radius 1 is 1.04 bits per heavy atom. The molecule has 5 heteroatoms. The van der Waals surface area contributed by atoms with Crippen molar-refractivity contribution in [3.63, 3.8) is 0 Å². The van der Waals surface area contributed by atoms with Crippen LogP contribution in [0.4, 0.5) is 5.69 Å². The van der Waals surface area contributed by atoms with Crippen molar-refractivity contribution in [1.82, 2.24) is 9.47 Å². The van der Waals surface area contributed by atoms with Crippen molar-refractivity contribution in [2.24, 2.45) is 0 Å². The standard InChI is InChI=1S/C23H27N3O2/c1-4-25(5-2)23(28)16-26-13-12-19-14-20(10-11-21(19)26)24-22(27)15-18-9-7-6-8-17(18)3/h6-14H,4-5,15-16H2,1-3H3,(H,24,27). The monoisotopic (exact) mass is 377 g/mol. The number of aromatic nitrogens is 1. The molecule has 2 aromatic carbocycles. The fourth-order valence-electron chi connectivity index (χ4n) is 3.42. The molecule has 1 heterocycles. The van der Waals surface area contributed by atoms with Crippen molar-refractivity contribution in [3.8, 4) is 0 Å². The highest BCUT2D eigenvalue weighted by Crippen LogP contribution is 2.21. The van der Waals surface area contributed by atoms with Gasteiger partial charge in [0.25, 0.3) is 0 Å². The number of likely N-dealkylation sites (N-methyl/N-ethyl adjacent to an activating group) is 1. The average Bonchev–Trinajstić information content (AvgIpc) is 3.06. The van der Waals surface area contributed by atoms with E-state index >= 15 is 0 Å². The Morgan fingerprint density at radius 3 is 2.50 bits per heavy atom. The van der Waals surface area contributed by atoms with Gasteiger partial charge in [-0.15, -0.1) is 0 Å². The third-order valence-corrected chi connectivity index (χ3v) is 5.09. The van der Waals surface area contributed by atoms with E-state index in [1.54, 1.807) is 0 Å². The number of nitrogens with zero attached hydrogens (tertiary/aromatic N) is 2. The van der Waals surface area contributed by atoms with Gasteiger partial charge in [0.05, 0.1) is 6.42 Å². The highest BCUT2D eigenvalue weighted by Gasteiger charge is 2.12. The van der Waals surface area contributed by atoms with E-state index in [1.165, 1.54) is 0 Å². The van der Waals surface area contributed by atoms with Gasteiger partial charge in [-0.2, -0.15) is 0 Å². The topological polar surface area (TPSA) is 54.3 Å². The Morgan fingerprint density at radius 2 is 1.79 bits per heavy atom. The van der Waals surface area contributed by atoms with Gasteiger partial charge in [-0.05, 0) is 56.2 Å². The molecule has 0 bridgehead atoms. The van der Waals surface area contributed by atoms with Crippen molar-refractivity contribution >= 4 is 28.4 Å². The molecular formula is C23H27N3O2. The minimum absolute atomic E-state index is 0.0372. The van der Waals surface area contributed by atoms with Crippen LogP contribution in [-0.2, 0) is 22.6 Å². The molecule has 0 radical (unpaired) electrons. The SMILES string of the molecule is CCN(CC)C(=O)Cn1ccc2cc(NC(=O)Cc3ccccc3C)ccc21. The minimum Gasteiger partial charge on any atom is -0.342 e. The van der Waals surface area contributed by atoms with Gasteiger partial charge in [0.2, 0.25) is 11.8 Å². The van der Waals surface area contributed by atoms with Crippen LogP contribution in [0.5, 0.6) is 0 Å². The summed E-state index contributed by atoms with van der Waals surface area (Å²) in [6, 6.07) is 15.7. The van der Waals surface area contributed by atoms with Gasteiger partial charge >= 0.3 is 0 Å². The lowest BCUT2D eigenvalue weighted by molar-refractivity contribution is -0.131. The molecule has 0 aliphatic carbocycles. The Kier molecular flexibility index (Phi) is 6.14. The second-order valence-corrected chi connectivity index (χ2v) is 6.93. The number of hydrogen-bond acceptors (Lipinski definition) is 2. The van der Waals surface area contributed by atoms with E-state index in [0.29, 0.717) is 26.1 Å². The maximum Gasteiger partial charge on any atom is 0.242 e. The van der Waals surface area contributed by atoms with E-state index in [9.17, 15) is 9.59 Å². The zero-order chi connectivity index (χ0) is 20.1. The number of nitrogens with one attached hydrogen (secondary N) is 1. The molecule has 0 fully saturated rings. The molecule has 3 aromatic rings. The lowest BCUT2D eigenvalue weighted by Crippen LogP contribution is -2.33. The molecule has 3 rings (SSSR count). The zero-order valence-electron chi connectivity index (χ0n) is 16.7. The van der Waals surface area contributed by atoms with Crippen LogP contribution in [0.15, 0.2) is 54.7 Å². The number of carbonyl (C=O) groups is 2. The molecule has 1 N–H and O–H groups in total. The van der Waals surface area contributed by atoms with Gasteiger partial charge in [0.1, 0.15) is 6.54 Å². The number of anilines is 1. The van der Waals surface area contributed by atoms with Crippen LogP contribution >= 0.6 is 0 Å². The van der Waals surface area contributed by atoms with Gasteiger partial charge in [-0.1, -0.05) is 24.3 Å². The van der Waals surface area contributed by atoms with Crippen molar-refractivity contribution in [1.29, 1.82) is 0 Å². The zero-order valence-corrected chi connectivity index (χ0v) is 16.7.